The van der Waals surface area contributed by atoms with Crippen LogP contribution in [0.2, 0.25) is 0 Å². The molecule has 1 N–H and O–H groups in total. The van der Waals surface area contributed by atoms with Gasteiger partial charge >= 0.3 is 0 Å². The van der Waals surface area contributed by atoms with Gasteiger partial charge in [-0.2, -0.15) is 0 Å². The van der Waals surface area contributed by atoms with Crippen molar-refractivity contribution in [2.75, 3.05) is 20.3 Å². The Balaban J connectivity index is 2.69. The molecule has 1 unspecified atom stereocenters. The molecule has 1 atom stereocenters. The van der Waals surface area contributed by atoms with Gasteiger partial charge in [-0.3, -0.25) is 4.79 Å². The van der Waals surface area contributed by atoms with Crippen molar-refractivity contribution in [3.05, 3.63) is 12.5 Å². The second-order valence-electron chi connectivity index (χ2n) is 3.56. The summed E-state index contributed by atoms with van der Waals surface area (Å²) in [5.74, 6) is -0.261. The molecule has 0 spiro atoms. The molecule has 18 heavy (non-hydrogen) atoms. The number of rotatable bonds is 6. The predicted molar refractivity (Wildman–Crippen MR) is 64.9 cm³/mol. The Labute approximate surface area is 110 Å². The summed E-state index contributed by atoms with van der Waals surface area (Å²) < 4.78 is 28.2. The number of halogens is 1. The molecule has 7 nitrogen and oxygen atoms in total. The molecule has 1 aromatic heterocycles. The SMILES string of the molecule is COCCNC(=O)C(C)n1cnc(S(=O)(=O)Cl)c1. The maximum Gasteiger partial charge on any atom is 0.280 e. The highest BCUT2D eigenvalue weighted by Crippen LogP contribution is 2.14. The van der Waals surface area contributed by atoms with Crippen LogP contribution in [-0.2, 0) is 18.6 Å². The number of amides is 1. The number of aromatic nitrogens is 2. The quantitative estimate of drug-likeness (QED) is 0.595. The summed E-state index contributed by atoms with van der Waals surface area (Å²) in [5.41, 5.74) is 0. The summed E-state index contributed by atoms with van der Waals surface area (Å²) in [4.78, 5) is 15.3. The van der Waals surface area contributed by atoms with Gasteiger partial charge in [0.2, 0.25) is 5.91 Å². The zero-order valence-corrected chi connectivity index (χ0v) is 11.5. The van der Waals surface area contributed by atoms with Crippen molar-refractivity contribution in [1.29, 1.82) is 0 Å². The Morgan fingerprint density at radius 2 is 2.33 bits per heavy atom. The minimum atomic E-state index is -3.87. The van der Waals surface area contributed by atoms with E-state index < -0.39 is 15.1 Å². The standard InChI is InChI=1S/C9H14ClN3O4S/c1-7(9(14)11-3-4-17-2)13-5-8(12-6-13)18(10,15)16/h5-7H,3-4H2,1-2H3,(H,11,14). The second-order valence-corrected chi connectivity index (χ2v) is 6.07. The Morgan fingerprint density at radius 1 is 1.67 bits per heavy atom. The highest BCUT2D eigenvalue weighted by Gasteiger charge is 2.19. The van der Waals surface area contributed by atoms with Crippen LogP contribution < -0.4 is 5.32 Å². The van der Waals surface area contributed by atoms with Gasteiger partial charge in [-0.1, -0.05) is 0 Å². The Bertz CT molecular complexity index is 514. The second kappa shape index (κ2) is 6.17. The first-order chi connectivity index (χ1) is 8.36. The molecule has 0 fully saturated rings. The third kappa shape index (κ3) is 3.97. The lowest BCUT2D eigenvalue weighted by Crippen LogP contribution is -2.32. The van der Waals surface area contributed by atoms with Gasteiger partial charge in [0.25, 0.3) is 9.05 Å². The number of ether oxygens (including phenoxy) is 1. The van der Waals surface area contributed by atoms with Crippen LogP contribution in [0.15, 0.2) is 17.6 Å². The zero-order chi connectivity index (χ0) is 13.8. The van der Waals surface area contributed by atoms with Crippen molar-refractivity contribution in [3.63, 3.8) is 0 Å². The number of methoxy groups -OCH3 is 1. The lowest BCUT2D eigenvalue weighted by molar-refractivity contribution is -0.124. The van der Waals surface area contributed by atoms with Crippen LogP contribution in [-0.4, -0.2) is 44.1 Å². The van der Waals surface area contributed by atoms with Gasteiger partial charge in [0.1, 0.15) is 6.04 Å². The highest BCUT2D eigenvalue weighted by molar-refractivity contribution is 8.13. The number of nitrogens with one attached hydrogen (secondary N) is 1. The number of nitrogens with zero attached hydrogens (tertiary/aromatic N) is 2. The molecule has 0 aromatic carbocycles. The summed E-state index contributed by atoms with van der Waals surface area (Å²) in [6, 6.07) is -0.582. The number of carbonyl (C=O) groups excluding carboxylic acids is 1. The van der Waals surface area contributed by atoms with E-state index in [1.807, 2.05) is 0 Å². The van der Waals surface area contributed by atoms with Crippen molar-refractivity contribution in [1.82, 2.24) is 14.9 Å². The normalized spacial score (nSPS) is 13.3. The van der Waals surface area contributed by atoms with Gasteiger partial charge in [0.05, 0.1) is 12.9 Å². The minimum absolute atomic E-state index is 0.261. The van der Waals surface area contributed by atoms with Crippen LogP contribution in [0.4, 0.5) is 0 Å². The molecule has 0 saturated carbocycles. The summed E-state index contributed by atoms with van der Waals surface area (Å²) >= 11 is 0. The summed E-state index contributed by atoms with van der Waals surface area (Å²) in [6.07, 6.45) is 2.46. The van der Waals surface area contributed by atoms with E-state index in [-0.39, 0.29) is 10.9 Å². The van der Waals surface area contributed by atoms with E-state index in [0.717, 1.165) is 0 Å². The lowest BCUT2D eigenvalue weighted by atomic mass is 10.3. The molecule has 0 aliphatic carbocycles. The molecular formula is C9H14ClN3O4S. The molecule has 102 valence electrons. The van der Waals surface area contributed by atoms with Gasteiger partial charge in [0.15, 0.2) is 5.03 Å². The van der Waals surface area contributed by atoms with Crippen molar-refractivity contribution in [3.8, 4) is 0 Å². The van der Waals surface area contributed by atoms with Crippen molar-refractivity contribution >= 4 is 25.6 Å². The fourth-order valence-electron chi connectivity index (χ4n) is 1.21. The first-order valence-corrected chi connectivity index (χ1v) is 7.42. The third-order valence-corrected chi connectivity index (χ3v) is 3.44. The third-order valence-electron chi connectivity index (χ3n) is 2.26. The molecule has 0 aliphatic rings. The largest absolute Gasteiger partial charge is 0.383 e. The number of carbonyl (C=O) groups is 1. The van der Waals surface area contributed by atoms with E-state index in [0.29, 0.717) is 13.2 Å². The topological polar surface area (TPSA) is 90.3 Å². The highest BCUT2D eigenvalue weighted by atomic mass is 35.7. The van der Waals surface area contributed by atoms with Gasteiger partial charge in [-0.15, -0.1) is 0 Å². The van der Waals surface area contributed by atoms with Gasteiger partial charge < -0.3 is 14.6 Å². The van der Waals surface area contributed by atoms with E-state index in [1.54, 1.807) is 6.92 Å². The van der Waals surface area contributed by atoms with Crippen LogP contribution >= 0.6 is 10.7 Å². The maximum absolute atomic E-state index is 11.7. The summed E-state index contributed by atoms with van der Waals surface area (Å²) in [5, 5.41) is 2.36. The van der Waals surface area contributed by atoms with Crippen LogP contribution in [0.3, 0.4) is 0 Å². The van der Waals surface area contributed by atoms with Crippen molar-refractivity contribution in [2.45, 2.75) is 18.0 Å². The number of hydrogen-bond acceptors (Lipinski definition) is 5. The minimum Gasteiger partial charge on any atom is -0.383 e. The van der Waals surface area contributed by atoms with Crippen LogP contribution in [0.1, 0.15) is 13.0 Å². The molecule has 1 aromatic rings. The van der Waals surface area contributed by atoms with Crippen LogP contribution in [0.25, 0.3) is 0 Å². The molecule has 0 radical (unpaired) electrons. The summed E-state index contributed by atoms with van der Waals surface area (Å²) in [6.45, 7) is 2.41. The molecule has 9 heteroatoms. The fourth-order valence-corrected chi connectivity index (χ4v) is 1.87. The van der Waals surface area contributed by atoms with Crippen LogP contribution in [0, 0.1) is 0 Å². The molecule has 1 amide bonds. The molecule has 1 rings (SSSR count). The summed E-state index contributed by atoms with van der Waals surface area (Å²) in [7, 11) is 2.80. The monoisotopic (exact) mass is 295 g/mol. The predicted octanol–water partition coefficient (Wildman–Crippen LogP) is 0.134. The number of hydrogen-bond donors (Lipinski definition) is 1. The van der Waals surface area contributed by atoms with Gasteiger partial charge in [0, 0.05) is 30.5 Å². The maximum atomic E-state index is 11.7. The van der Waals surface area contributed by atoms with Crippen molar-refractivity contribution in [2.24, 2.45) is 0 Å². The molecule has 1 heterocycles. The smallest absolute Gasteiger partial charge is 0.280 e. The average Bonchev–Trinajstić information content (AvgIpc) is 2.77. The van der Waals surface area contributed by atoms with Crippen molar-refractivity contribution < 1.29 is 17.9 Å². The Kier molecular flexibility index (Phi) is 5.12. The first-order valence-electron chi connectivity index (χ1n) is 5.11. The van der Waals surface area contributed by atoms with Crippen LogP contribution in [0.5, 0.6) is 0 Å². The van der Waals surface area contributed by atoms with E-state index in [1.165, 1.54) is 24.2 Å². The molecule has 0 bridgehead atoms. The zero-order valence-electron chi connectivity index (χ0n) is 9.96. The molecular weight excluding hydrogens is 282 g/mol. The van der Waals surface area contributed by atoms with E-state index in [2.05, 4.69) is 10.3 Å². The van der Waals surface area contributed by atoms with Gasteiger partial charge in [-0.25, -0.2) is 13.4 Å². The van der Waals surface area contributed by atoms with E-state index in [9.17, 15) is 13.2 Å². The molecule has 0 saturated heterocycles. The Hall–Kier alpha value is -1.12. The lowest BCUT2D eigenvalue weighted by Gasteiger charge is -2.12. The van der Waals surface area contributed by atoms with E-state index in [4.69, 9.17) is 15.4 Å². The Morgan fingerprint density at radius 3 is 2.83 bits per heavy atom. The fraction of sp³-hybridized carbons (Fsp3) is 0.556. The average molecular weight is 296 g/mol. The number of imidazole rings is 1. The molecule has 0 aliphatic heterocycles. The first kappa shape index (κ1) is 14.9. The van der Waals surface area contributed by atoms with Gasteiger partial charge in [-0.05, 0) is 6.92 Å². The van der Waals surface area contributed by atoms with E-state index >= 15 is 0 Å².